The van der Waals surface area contributed by atoms with Crippen LogP contribution in [0.5, 0.6) is 0 Å². The van der Waals surface area contributed by atoms with E-state index in [1.54, 1.807) is 6.20 Å². The number of hydrogen-bond donors (Lipinski definition) is 2. The lowest BCUT2D eigenvalue weighted by Crippen LogP contribution is -3.14. The van der Waals surface area contributed by atoms with Crippen LogP contribution in [-0.4, -0.2) is 52.0 Å². The molecule has 0 spiro atoms. The summed E-state index contributed by atoms with van der Waals surface area (Å²) in [6.45, 7) is 11.9. The number of aryl methyl sites for hydroxylation is 2. The van der Waals surface area contributed by atoms with Crippen molar-refractivity contribution in [2.24, 2.45) is 0 Å². The van der Waals surface area contributed by atoms with Crippen molar-refractivity contribution >= 4 is 22.6 Å². The molecular weight excluding hydrogens is 330 g/mol. The zero-order valence-electron chi connectivity index (χ0n) is 15.9. The molecule has 6 heteroatoms. The number of nitrogens with one attached hydrogen (secondary N) is 3. The van der Waals surface area contributed by atoms with Gasteiger partial charge in [0.15, 0.2) is 6.20 Å². The number of benzene rings is 1. The van der Waals surface area contributed by atoms with Gasteiger partial charge in [-0.1, -0.05) is 0 Å². The molecule has 0 bridgehead atoms. The van der Waals surface area contributed by atoms with Gasteiger partial charge in [-0.05, 0) is 38.5 Å². The summed E-state index contributed by atoms with van der Waals surface area (Å²) in [5, 5.41) is 4.55. The number of aromatic nitrogens is 1. The molecule has 0 amide bonds. The van der Waals surface area contributed by atoms with Gasteiger partial charge in [-0.25, -0.2) is 9.78 Å². The van der Waals surface area contributed by atoms with Crippen molar-refractivity contribution in [1.82, 2.24) is 0 Å². The molecular formula is C20H29N3O3+2. The maximum atomic E-state index is 12.4. The molecule has 3 rings (SSSR count). The van der Waals surface area contributed by atoms with Crippen LogP contribution in [0.4, 0.5) is 5.69 Å². The number of fused-ring (bicyclic) bond motifs is 1. The van der Waals surface area contributed by atoms with Gasteiger partial charge >= 0.3 is 5.97 Å². The van der Waals surface area contributed by atoms with Crippen LogP contribution in [0.1, 0.15) is 28.4 Å². The Hall–Kier alpha value is -2.18. The minimum absolute atomic E-state index is 0.300. The highest BCUT2D eigenvalue weighted by molar-refractivity contribution is 6.04. The van der Waals surface area contributed by atoms with Crippen molar-refractivity contribution < 1.29 is 24.2 Å². The van der Waals surface area contributed by atoms with Crippen molar-refractivity contribution in [2.75, 3.05) is 51.3 Å². The van der Waals surface area contributed by atoms with Gasteiger partial charge in [0.1, 0.15) is 18.7 Å². The zero-order valence-corrected chi connectivity index (χ0v) is 15.9. The summed E-state index contributed by atoms with van der Waals surface area (Å²) in [5.74, 6) is -0.300. The summed E-state index contributed by atoms with van der Waals surface area (Å²) in [6.07, 6.45) is 1.76. The quantitative estimate of drug-likeness (QED) is 0.748. The number of hydrogen-bond acceptors (Lipinski definition) is 4. The summed E-state index contributed by atoms with van der Waals surface area (Å²) in [6, 6.07) is 4.26. The number of rotatable bonds is 6. The van der Waals surface area contributed by atoms with Gasteiger partial charge in [0.05, 0.1) is 44.0 Å². The molecule has 0 aliphatic carbocycles. The molecule has 26 heavy (non-hydrogen) atoms. The molecule has 2 heterocycles. The molecule has 1 fully saturated rings. The van der Waals surface area contributed by atoms with Crippen LogP contribution in [0.3, 0.4) is 0 Å². The minimum atomic E-state index is -0.300. The second-order valence-corrected chi connectivity index (χ2v) is 6.84. The number of quaternary nitrogens is 1. The van der Waals surface area contributed by atoms with Crippen molar-refractivity contribution in [1.29, 1.82) is 0 Å². The van der Waals surface area contributed by atoms with Gasteiger partial charge in [-0.15, -0.1) is 0 Å². The average molecular weight is 359 g/mol. The van der Waals surface area contributed by atoms with E-state index in [-0.39, 0.29) is 5.97 Å². The van der Waals surface area contributed by atoms with Crippen LogP contribution in [-0.2, 0) is 9.47 Å². The van der Waals surface area contributed by atoms with E-state index >= 15 is 0 Å². The van der Waals surface area contributed by atoms with Crippen LogP contribution in [0.2, 0.25) is 0 Å². The van der Waals surface area contributed by atoms with Gasteiger partial charge in [0, 0.05) is 5.56 Å². The van der Waals surface area contributed by atoms with E-state index in [9.17, 15) is 4.79 Å². The summed E-state index contributed by atoms with van der Waals surface area (Å²) < 4.78 is 10.7. The third-order valence-electron chi connectivity index (χ3n) is 4.85. The van der Waals surface area contributed by atoms with Gasteiger partial charge < -0.3 is 19.7 Å². The van der Waals surface area contributed by atoms with Crippen molar-refractivity contribution in [3.8, 4) is 0 Å². The number of esters is 1. The van der Waals surface area contributed by atoms with Crippen LogP contribution in [0.15, 0.2) is 18.3 Å². The molecule has 1 aliphatic rings. The number of aromatic amines is 1. The molecule has 0 unspecified atom stereocenters. The van der Waals surface area contributed by atoms with Crippen molar-refractivity contribution in [3.63, 3.8) is 0 Å². The molecule has 3 N–H and O–H groups in total. The Balaban J connectivity index is 1.90. The van der Waals surface area contributed by atoms with Crippen LogP contribution >= 0.6 is 0 Å². The molecule has 2 aromatic rings. The number of anilines is 1. The molecule has 1 aromatic carbocycles. The second kappa shape index (κ2) is 8.47. The first-order valence-corrected chi connectivity index (χ1v) is 9.38. The number of H-pyrrole nitrogens is 1. The normalized spacial score (nSPS) is 15.2. The Morgan fingerprint density at radius 3 is 2.81 bits per heavy atom. The number of morpholine rings is 1. The number of carbonyl (C=O) groups excluding carboxylic acids is 1. The molecule has 1 aliphatic heterocycles. The molecule has 140 valence electrons. The zero-order chi connectivity index (χ0) is 18.5. The summed E-state index contributed by atoms with van der Waals surface area (Å²) >= 11 is 0. The molecule has 6 nitrogen and oxygen atoms in total. The highest BCUT2D eigenvalue weighted by atomic mass is 16.5. The minimum Gasteiger partial charge on any atom is -0.462 e. The fraction of sp³-hybridized carbons (Fsp3) is 0.500. The summed E-state index contributed by atoms with van der Waals surface area (Å²) in [4.78, 5) is 17.2. The number of carbonyl (C=O) groups is 1. The Bertz CT molecular complexity index is 785. The Kier molecular flexibility index (Phi) is 6.06. The van der Waals surface area contributed by atoms with E-state index < -0.39 is 0 Å². The maximum absolute atomic E-state index is 12.4. The second-order valence-electron chi connectivity index (χ2n) is 6.84. The number of ether oxygens (including phenoxy) is 2. The SMILES string of the molecule is CCOC(=O)c1c[nH+]c2c(C)cc(C)cc2c1NCC[NH+]1CCOCC1. The Morgan fingerprint density at radius 2 is 2.08 bits per heavy atom. The highest BCUT2D eigenvalue weighted by Crippen LogP contribution is 2.27. The molecule has 0 radical (unpaired) electrons. The van der Waals surface area contributed by atoms with Crippen LogP contribution < -0.4 is 15.2 Å². The average Bonchev–Trinajstić information content (AvgIpc) is 2.63. The number of pyridine rings is 1. The van der Waals surface area contributed by atoms with E-state index in [2.05, 4.69) is 36.3 Å². The largest absolute Gasteiger partial charge is 0.462 e. The monoisotopic (exact) mass is 359 g/mol. The first-order valence-electron chi connectivity index (χ1n) is 9.38. The standard InChI is InChI=1S/C20H27N3O3/c1-4-26-20(24)17-13-22-18-15(3)11-14(2)12-16(18)19(17)21-5-6-23-7-9-25-10-8-23/h11-13H,4-10H2,1-3H3,(H,21,22)/p+2. The predicted molar refractivity (Wildman–Crippen MR) is 101 cm³/mol. The van der Waals surface area contributed by atoms with Gasteiger partial charge in [-0.2, -0.15) is 0 Å². The van der Waals surface area contributed by atoms with Crippen molar-refractivity contribution in [3.05, 3.63) is 35.0 Å². The van der Waals surface area contributed by atoms with Crippen molar-refractivity contribution in [2.45, 2.75) is 20.8 Å². The Labute approximate surface area is 154 Å². The molecule has 1 saturated heterocycles. The third kappa shape index (κ3) is 4.14. The fourth-order valence-corrected chi connectivity index (χ4v) is 3.55. The van der Waals surface area contributed by atoms with Crippen LogP contribution in [0, 0.1) is 13.8 Å². The van der Waals surface area contributed by atoms with E-state index in [0.717, 1.165) is 61.5 Å². The van der Waals surface area contributed by atoms with E-state index in [1.165, 1.54) is 10.5 Å². The fourth-order valence-electron chi connectivity index (χ4n) is 3.55. The predicted octanol–water partition coefficient (Wildman–Crippen LogP) is 0.774. The van der Waals surface area contributed by atoms with Gasteiger partial charge in [-0.3, -0.25) is 0 Å². The summed E-state index contributed by atoms with van der Waals surface area (Å²) in [7, 11) is 0. The maximum Gasteiger partial charge on any atom is 0.346 e. The first-order chi connectivity index (χ1) is 12.6. The third-order valence-corrected chi connectivity index (χ3v) is 4.85. The Morgan fingerprint density at radius 1 is 1.31 bits per heavy atom. The van der Waals surface area contributed by atoms with Gasteiger partial charge in [0.2, 0.25) is 5.52 Å². The molecule has 0 atom stereocenters. The first kappa shape index (κ1) is 18.6. The summed E-state index contributed by atoms with van der Waals surface area (Å²) in [5.41, 5.74) is 4.80. The lowest BCUT2D eigenvalue weighted by molar-refractivity contribution is -0.906. The van der Waals surface area contributed by atoms with Gasteiger partial charge in [0.25, 0.3) is 0 Å². The van der Waals surface area contributed by atoms with E-state index in [4.69, 9.17) is 9.47 Å². The van der Waals surface area contributed by atoms with E-state index in [1.807, 2.05) is 6.92 Å². The molecule has 1 aromatic heterocycles. The highest BCUT2D eigenvalue weighted by Gasteiger charge is 2.22. The van der Waals surface area contributed by atoms with E-state index in [0.29, 0.717) is 12.2 Å². The van der Waals surface area contributed by atoms with Crippen LogP contribution in [0.25, 0.3) is 10.9 Å². The lowest BCUT2D eigenvalue weighted by Gasteiger charge is -2.24. The molecule has 0 saturated carbocycles. The topological polar surface area (TPSA) is 66.1 Å². The smallest absolute Gasteiger partial charge is 0.346 e. The lowest BCUT2D eigenvalue weighted by atomic mass is 10.0.